The van der Waals surface area contributed by atoms with Crippen LogP contribution in [-0.4, -0.2) is 22.2 Å². The van der Waals surface area contributed by atoms with E-state index in [1.54, 1.807) is 0 Å². The molecule has 0 radical (unpaired) electrons. The lowest BCUT2D eigenvalue weighted by molar-refractivity contribution is 0.261. The summed E-state index contributed by atoms with van der Waals surface area (Å²) in [7, 11) is 0. The first-order valence-corrected chi connectivity index (χ1v) is 6.00. The smallest absolute Gasteiger partial charge is 0.0632 e. The fourth-order valence-electron chi connectivity index (χ4n) is 2.12. The third-order valence-corrected chi connectivity index (χ3v) is 3.09. The molecule has 1 aromatic heterocycles. The second-order valence-corrected chi connectivity index (χ2v) is 5.15. The van der Waals surface area contributed by atoms with Crippen LogP contribution in [-0.2, 0) is 0 Å². The van der Waals surface area contributed by atoms with Crippen molar-refractivity contribution in [3.8, 4) is 0 Å². The molecule has 0 amide bonds. The number of hydrogen-bond donors (Lipinski definition) is 3. The number of fused-ring (bicyclic) bond motifs is 1. The Morgan fingerprint density at radius 2 is 2.00 bits per heavy atom. The van der Waals surface area contributed by atoms with E-state index in [2.05, 4.69) is 43.2 Å². The lowest BCUT2D eigenvalue weighted by Gasteiger charge is -2.27. The zero-order valence-electron chi connectivity index (χ0n) is 10.7. The third-order valence-electron chi connectivity index (χ3n) is 3.09. The Kier molecular flexibility index (Phi) is 3.11. The highest BCUT2D eigenvalue weighted by molar-refractivity contribution is 5.94. The third kappa shape index (κ3) is 2.44. The Hall–Kier alpha value is -1.48. The van der Waals surface area contributed by atoms with Crippen LogP contribution >= 0.6 is 0 Å². The van der Waals surface area contributed by atoms with Crippen molar-refractivity contribution >= 4 is 16.6 Å². The maximum atomic E-state index is 9.07. The number of anilines is 1. The van der Waals surface area contributed by atoms with E-state index in [4.69, 9.17) is 5.11 Å². The SMILES string of the molecule is Cc1[nH]c2ccccc2c1NC(C)(C)CCO. The molecule has 2 aromatic rings. The number of aromatic nitrogens is 1. The van der Waals surface area contributed by atoms with E-state index in [0.717, 1.165) is 23.3 Å². The predicted molar refractivity (Wildman–Crippen MR) is 72.4 cm³/mol. The predicted octanol–water partition coefficient (Wildman–Crippen LogP) is 3.05. The number of benzene rings is 1. The van der Waals surface area contributed by atoms with Crippen molar-refractivity contribution in [1.29, 1.82) is 0 Å². The minimum absolute atomic E-state index is 0.107. The van der Waals surface area contributed by atoms with Gasteiger partial charge in [-0.1, -0.05) is 18.2 Å². The molecule has 3 N–H and O–H groups in total. The first-order chi connectivity index (χ1) is 8.03. The van der Waals surface area contributed by atoms with Crippen LogP contribution in [0.15, 0.2) is 24.3 Å². The Bertz CT molecular complexity index is 514. The molecule has 2 rings (SSSR count). The molecule has 17 heavy (non-hydrogen) atoms. The normalized spacial score (nSPS) is 12.0. The summed E-state index contributed by atoms with van der Waals surface area (Å²) in [6, 6.07) is 8.25. The maximum absolute atomic E-state index is 9.07. The second-order valence-electron chi connectivity index (χ2n) is 5.15. The summed E-state index contributed by atoms with van der Waals surface area (Å²) in [6.45, 7) is 6.47. The first-order valence-electron chi connectivity index (χ1n) is 6.00. The molecule has 0 bridgehead atoms. The standard InChI is InChI=1S/C14H20N2O/c1-10-13(16-14(2,3)8-9-17)11-6-4-5-7-12(11)15-10/h4-7,15-17H,8-9H2,1-3H3. The van der Waals surface area contributed by atoms with Gasteiger partial charge in [0.05, 0.1) is 5.69 Å². The Balaban J connectivity index is 2.38. The molecule has 3 nitrogen and oxygen atoms in total. The second kappa shape index (κ2) is 4.41. The number of para-hydroxylation sites is 1. The number of aromatic amines is 1. The van der Waals surface area contributed by atoms with Crippen LogP contribution in [0.25, 0.3) is 10.9 Å². The highest BCUT2D eigenvalue weighted by Gasteiger charge is 2.19. The monoisotopic (exact) mass is 232 g/mol. The molecular formula is C14H20N2O. The van der Waals surface area contributed by atoms with E-state index in [1.807, 2.05) is 12.1 Å². The summed E-state index contributed by atoms with van der Waals surface area (Å²) in [6.07, 6.45) is 0.728. The van der Waals surface area contributed by atoms with E-state index in [9.17, 15) is 0 Å². The van der Waals surface area contributed by atoms with Gasteiger partial charge in [0.2, 0.25) is 0 Å². The van der Waals surface area contributed by atoms with E-state index < -0.39 is 0 Å². The van der Waals surface area contributed by atoms with Crippen molar-refractivity contribution in [2.45, 2.75) is 32.7 Å². The van der Waals surface area contributed by atoms with Crippen LogP contribution in [0.4, 0.5) is 5.69 Å². The van der Waals surface area contributed by atoms with Crippen molar-refractivity contribution in [2.75, 3.05) is 11.9 Å². The molecule has 0 fully saturated rings. The van der Waals surface area contributed by atoms with Gasteiger partial charge in [0.15, 0.2) is 0 Å². The van der Waals surface area contributed by atoms with E-state index >= 15 is 0 Å². The van der Waals surface area contributed by atoms with Gasteiger partial charge in [-0.15, -0.1) is 0 Å². The van der Waals surface area contributed by atoms with Crippen LogP contribution in [0.2, 0.25) is 0 Å². The first kappa shape index (κ1) is 12.0. The van der Waals surface area contributed by atoms with Gasteiger partial charge in [0.25, 0.3) is 0 Å². The molecule has 0 saturated carbocycles. The number of rotatable bonds is 4. The zero-order chi connectivity index (χ0) is 12.5. The van der Waals surface area contributed by atoms with E-state index in [1.165, 1.54) is 5.39 Å². The van der Waals surface area contributed by atoms with Crippen molar-refractivity contribution in [2.24, 2.45) is 0 Å². The zero-order valence-corrected chi connectivity index (χ0v) is 10.7. The summed E-state index contributed by atoms with van der Waals surface area (Å²) < 4.78 is 0. The summed E-state index contributed by atoms with van der Waals surface area (Å²) >= 11 is 0. The van der Waals surface area contributed by atoms with Gasteiger partial charge in [-0.3, -0.25) is 0 Å². The molecule has 0 saturated heterocycles. The number of aryl methyl sites for hydroxylation is 1. The molecule has 1 aromatic carbocycles. The number of H-pyrrole nitrogens is 1. The van der Waals surface area contributed by atoms with Gasteiger partial charge in [-0.05, 0) is 33.3 Å². The van der Waals surface area contributed by atoms with Gasteiger partial charge in [0.1, 0.15) is 0 Å². The minimum atomic E-state index is -0.107. The largest absolute Gasteiger partial charge is 0.396 e. The van der Waals surface area contributed by atoms with Gasteiger partial charge in [-0.25, -0.2) is 0 Å². The van der Waals surface area contributed by atoms with Gasteiger partial charge >= 0.3 is 0 Å². The van der Waals surface area contributed by atoms with Crippen molar-refractivity contribution in [3.63, 3.8) is 0 Å². The van der Waals surface area contributed by atoms with E-state index in [-0.39, 0.29) is 12.1 Å². The van der Waals surface area contributed by atoms with Crippen LogP contribution in [0.1, 0.15) is 26.0 Å². The van der Waals surface area contributed by atoms with Crippen molar-refractivity contribution in [1.82, 2.24) is 4.98 Å². The lowest BCUT2D eigenvalue weighted by Crippen LogP contribution is -2.32. The maximum Gasteiger partial charge on any atom is 0.0632 e. The Morgan fingerprint density at radius 1 is 1.29 bits per heavy atom. The molecule has 1 heterocycles. The van der Waals surface area contributed by atoms with Crippen LogP contribution < -0.4 is 5.32 Å². The van der Waals surface area contributed by atoms with Crippen LogP contribution in [0.3, 0.4) is 0 Å². The molecule has 0 aliphatic carbocycles. The van der Waals surface area contributed by atoms with Crippen LogP contribution in [0.5, 0.6) is 0 Å². The fraction of sp³-hybridized carbons (Fsp3) is 0.429. The average Bonchev–Trinajstić information content (AvgIpc) is 2.55. The summed E-state index contributed by atoms with van der Waals surface area (Å²) in [4.78, 5) is 3.37. The lowest BCUT2D eigenvalue weighted by atomic mass is 10.0. The van der Waals surface area contributed by atoms with Gasteiger partial charge < -0.3 is 15.4 Å². The molecule has 0 aliphatic heterocycles. The van der Waals surface area contributed by atoms with E-state index in [0.29, 0.717) is 0 Å². The number of hydrogen-bond acceptors (Lipinski definition) is 2. The highest BCUT2D eigenvalue weighted by Crippen LogP contribution is 2.30. The quantitative estimate of drug-likeness (QED) is 0.758. The summed E-state index contributed by atoms with van der Waals surface area (Å²) in [5.41, 5.74) is 3.31. The average molecular weight is 232 g/mol. The number of nitrogens with one attached hydrogen (secondary N) is 2. The van der Waals surface area contributed by atoms with Crippen LogP contribution in [0, 0.1) is 6.92 Å². The fourth-order valence-corrected chi connectivity index (χ4v) is 2.12. The molecular weight excluding hydrogens is 212 g/mol. The summed E-state index contributed by atoms with van der Waals surface area (Å²) in [5, 5.41) is 13.8. The van der Waals surface area contributed by atoms with Crippen molar-refractivity contribution in [3.05, 3.63) is 30.0 Å². The van der Waals surface area contributed by atoms with Gasteiger partial charge in [-0.2, -0.15) is 0 Å². The Morgan fingerprint density at radius 3 is 2.71 bits per heavy atom. The highest BCUT2D eigenvalue weighted by atomic mass is 16.3. The molecule has 0 unspecified atom stereocenters. The van der Waals surface area contributed by atoms with Gasteiger partial charge in [0, 0.05) is 28.7 Å². The molecule has 92 valence electrons. The molecule has 3 heteroatoms. The Labute approximate surface area is 102 Å². The topological polar surface area (TPSA) is 48.0 Å². The number of aliphatic hydroxyl groups excluding tert-OH is 1. The number of aliphatic hydroxyl groups is 1. The molecule has 0 aliphatic rings. The molecule has 0 spiro atoms. The summed E-state index contributed by atoms with van der Waals surface area (Å²) in [5.74, 6) is 0. The minimum Gasteiger partial charge on any atom is -0.396 e. The molecule has 0 atom stereocenters. The van der Waals surface area contributed by atoms with Crippen molar-refractivity contribution < 1.29 is 5.11 Å².